The average Bonchev–Trinajstić information content (AvgIpc) is 2.53. The summed E-state index contributed by atoms with van der Waals surface area (Å²) < 4.78 is 0. The van der Waals surface area contributed by atoms with Crippen LogP contribution in [0.15, 0.2) is 43.4 Å². The summed E-state index contributed by atoms with van der Waals surface area (Å²) in [6, 6.07) is 6.09. The lowest BCUT2D eigenvalue weighted by molar-refractivity contribution is 1.15. The van der Waals surface area contributed by atoms with Gasteiger partial charge >= 0.3 is 0 Å². The van der Waals surface area contributed by atoms with Gasteiger partial charge in [-0.2, -0.15) is 0 Å². The van der Waals surface area contributed by atoms with Gasteiger partial charge in [-0.1, -0.05) is 24.3 Å². The molecule has 0 spiro atoms. The average molecular weight is 335 g/mol. The maximum Gasteiger partial charge on any atom is 0.198 e. The van der Waals surface area contributed by atoms with Gasteiger partial charge in [-0.25, -0.2) is 0 Å². The molecule has 0 amide bonds. The third kappa shape index (κ3) is 1.84. The Morgan fingerprint density at radius 3 is 1.32 bits per heavy atom. The molecule has 6 heteroatoms. The van der Waals surface area contributed by atoms with Gasteiger partial charge in [-0.05, 0) is 0 Å². The van der Waals surface area contributed by atoms with E-state index in [0.29, 0.717) is 0 Å². The van der Waals surface area contributed by atoms with Gasteiger partial charge in [0.05, 0.1) is 22.2 Å². The largest absolute Gasteiger partial charge is 0.289 e. The first-order chi connectivity index (χ1) is 10.5. The summed E-state index contributed by atoms with van der Waals surface area (Å²) in [5.74, 6) is -0.487. The van der Waals surface area contributed by atoms with Gasteiger partial charge in [-0.15, -0.1) is 23.2 Å². The highest BCUT2D eigenvalue weighted by Gasteiger charge is 2.19. The van der Waals surface area contributed by atoms with Crippen molar-refractivity contribution in [3.8, 4) is 0 Å². The Labute approximate surface area is 132 Å². The normalized spacial score (nSPS) is 11.4. The van der Waals surface area contributed by atoms with Crippen LogP contribution in [0.1, 0.15) is 11.1 Å². The summed E-state index contributed by atoms with van der Waals surface area (Å²) in [5, 5.41) is -0.539. The highest BCUT2D eigenvalue weighted by atomic mass is 35.5. The molecule has 0 unspecified atom stereocenters. The highest BCUT2D eigenvalue weighted by molar-refractivity contribution is 6.18. The van der Waals surface area contributed by atoms with Crippen LogP contribution in [-0.2, 0) is 11.8 Å². The van der Waals surface area contributed by atoms with Gasteiger partial charge in [-0.3, -0.25) is 19.2 Å². The standard InChI is InChI=1S/C16H8Cl2O4/c17-5-9-10(6-18)16(22)12-11(15(9)21)13(19)7-3-1-2-4-8(7)14(12)20/h1-4H,5-6H2. The van der Waals surface area contributed by atoms with E-state index in [1.165, 1.54) is 12.1 Å². The van der Waals surface area contributed by atoms with Crippen LogP contribution in [0.4, 0.5) is 0 Å². The summed E-state index contributed by atoms with van der Waals surface area (Å²) in [6.07, 6.45) is 0. The Bertz CT molecular complexity index is 1080. The minimum absolute atomic E-state index is 0.0130. The highest BCUT2D eigenvalue weighted by Crippen LogP contribution is 2.08. The van der Waals surface area contributed by atoms with Crippen LogP contribution >= 0.6 is 23.2 Å². The van der Waals surface area contributed by atoms with Crippen LogP contribution in [0, 0.1) is 10.4 Å². The van der Waals surface area contributed by atoms with E-state index in [1.807, 2.05) is 0 Å². The number of alkyl halides is 2. The molecule has 0 atom stereocenters. The van der Waals surface area contributed by atoms with E-state index in [9.17, 15) is 19.2 Å². The molecule has 0 saturated carbocycles. The molecule has 3 rings (SSSR count). The molecule has 0 radical (unpaired) electrons. The summed E-state index contributed by atoms with van der Waals surface area (Å²) in [7, 11) is 0. The van der Waals surface area contributed by atoms with E-state index < -0.39 is 32.2 Å². The van der Waals surface area contributed by atoms with Crippen LogP contribution in [-0.4, -0.2) is 0 Å². The molecular formula is C16H8Cl2O4. The predicted molar refractivity (Wildman–Crippen MR) is 85.8 cm³/mol. The number of hydrogen-bond acceptors (Lipinski definition) is 4. The van der Waals surface area contributed by atoms with E-state index in [0.717, 1.165) is 0 Å². The first kappa shape index (κ1) is 14.9. The van der Waals surface area contributed by atoms with Crippen molar-refractivity contribution in [3.63, 3.8) is 0 Å². The Kier molecular flexibility index (Phi) is 3.59. The third-order valence-corrected chi connectivity index (χ3v) is 4.29. The van der Waals surface area contributed by atoms with E-state index in [-0.39, 0.29) is 33.7 Å². The Balaban J connectivity index is 2.90. The Morgan fingerprint density at radius 2 is 1.00 bits per heavy atom. The molecule has 0 aliphatic heterocycles. The molecule has 2 aliphatic carbocycles. The zero-order valence-electron chi connectivity index (χ0n) is 11.1. The first-order valence-corrected chi connectivity index (χ1v) is 7.45. The quantitative estimate of drug-likeness (QED) is 0.663. The molecule has 4 nitrogen and oxygen atoms in total. The molecule has 0 N–H and O–H groups in total. The summed E-state index contributed by atoms with van der Waals surface area (Å²) in [5.41, 5.74) is -2.65. The van der Waals surface area contributed by atoms with Gasteiger partial charge in [0.2, 0.25) is 0 Å². The fourth-order valence-corrected chi connectivity index (χ4v) is 3.23. The summed E-state index contributed by atoms with van der Waals surface area (Å²) in [6.45, 7) is 0. The van der Waals surface area contributed by atoms with E-state index in [1.54, 1.807) is 12.1 Å². The van der Waals surface area contributed by atoms with Crippen LogP contribution in [0.5, 0.6) is 0 Å². The second-order valence-corrected chi connectivity index (χ2v) is 5.37. The summed E-state index contributed by atoms with van der Waals surface area (Å²) in [4.78, 5) is 50.0. The van der Waals surface area contributed by atoms with Gasteiger partial charge in [0.25, 0.3) is 0 Å². The molecule has 2 aliphatic rings. The van der Waals surface area contributed by atoms with Crippen LogP contribution < -0.4 is 21.7 Å². The fourth-order valence-electron chi connectivity index (χ4n) is 2.67. The number of fused-ring (bicyclic) bond motifs is 1. The third-order valence-electron chi connectivity index (χ3n) is 3.75. The zero-order chi connectivity index (χ0) is 16.0. The van der Waals surface area contributed by atoms with Crippen molar-refractivity contribution in [2.75, 3.05) is 0 Å². The second-order valence-electron chi connectivity index (χ2n) is 4.84. The minimum atomic E-state index is -0.687. The first-order valence-electron chi connectivity index (χ1n) is 6.39. The van der Waals surface area contributed by atoms with E-state index >= 15 is 0 Å². The molecule has 0 heterocycles. The van der Waals surface area contributed by atoms with Gasteiger partial charge in [0.15, 0.2) is 21.7 Å². The molecule has 0 saturated heterocycles. The molecule has 22 heavy (non-hydrogen) atoms. The predicted octanol–water partition coefficient (Wildman–Crippen LogP) is 1.36. The van der Waals surface area contributed by atoms with Crippen molar-refractivity contribution in [1.82, 2.24) is 0 Å². The maximum absolute atomic E-state index is 12.5. The van der Waals surface area contributed by atoms with Crippen molar-refractivity contribution in [1.29, 1.82) is 0 Å². The lowest BCUT2D eigenvalue weighted by Crippen LogP contribution is -2.33. The smallest absolute Gasteiger partial charge is 0.198 e. The molecule has 0 bridgehead atoms. The molecule has 1 aromatic rings. The van der Waals surface area contributed by atoms with Crippen LogP contribution in [0.25, 0.3) is 10.8 Å². The number of rotatable bonds is 2. The van der Waals surface area contributed by atoms with E-state index in [4.69, 9.17) is 23.2 Å². The van der Waals surface area contributed by atoms with Gasteiger partial charge < -0.3 is 0 Å². The Morgan fingerprint density at radius 1 is 0.636 bits per heavy atom. The number of hydrogen-bond donors (Lipinski definition) is 0. The van der Waals surface area contributed by atoms with Gasteiger partial charge in [0, 0.05) is 21.9 Å². The SMILES string of the molecule is O=c1c(CCl)c(CCl)c(=O)c2c(=O)c3ccccc3c(=O)c1=2. The van der Waals surface area contributed by atoms with E-state index in [2.05, 4.69) is 0 Å². The lowest BCUT2D eigenvalue weighted by Gasteiger charge is -2.03. The molecule has 110 valence electrons. The van der Waals surface area contributed by atoms with Crippen LogP contribution in [0.2, 0.25) is 0 Å². The van der Waals surface area contributed by atoms with Crippen molar-refractivity contribution >= 4 is 34.0 Å². The lowest BCUT2D eigenvalue weighted by atomic mass is 9.99. The number of benzene rings is 1. The number of halogens is 2. The Hall–Kier alpha value is -2.04. The minimum Gasteiger partial charge on any atom is -0.289 e. The van der Waals surface area contributed by atoms with Crippen LogP contribution in [0.3, 0.4) is 0 Å². The summed E-state index contributed by atoms with van der Waals surface area (Å²) >= 11 is 11.4. The molecular weight excluding hydrogens is 327 g/mol. The van der Waals surface area contributed by atoms with Crippen molar-refractivity contribution < 1.29 is 0 Å². The molecule has 0 aromatic heterocycles. The molecule has 1 aromatic carbocycles. The van der Waals surface area contributed by atoms with Gasteiger partial charge in [0.1, 0.15) is 0 Å². The van der Waals surface area contributed by atoms with Crippen molar-refractivity contribution in [2.45, 2.75) is 11.8 Å². The zero-order valence-corrected chi connectivity index (χ0v) is 12.6. The monoisotopic (exact) mass is 334 g/mol. The van der Waals surface area contributed by atoms with Crippen molar-refractivity contribution in [3.05, 3.63) is 86.7 Å². The maximum atomic E-state index is 12.5. The second kappa shape index (κ2) is 5.30. The fraction of sp³-hybridized carbons (Fsp3) is 0.125. The van der Waals surface area contributed by atoms with Crippen molar-refractivity contribution in [2.24, 2.45) is 0 Å². The topological polar surface area (TPSA) is 68.3 Å². The molecule has 0 fully saturated rings.